The van der Waals surface area contributed by atoms with E-state index >= 15 is 0 Å². The summed E-state index contributed by atoms with van der Waals surface area (Å²) in [5.74, 6) is 0.286. The van der Waals surface area contributed by atoms with E-state index in [2.05, 4.69) is 19.1 Å². The average molecular weight is 178 g/mol. The Morgan fingerprint density at radius 2 is 2.38 bits per heavy atom. The molecule has 0 unspecified atom stereocenters. The summed E-state index contributed by atoms with van der Waals surface area (Å²) < 4.78 is 0. The maximum Gasteiger partial charge on any atom is 0.130 e. The Bertz CT molecular complexity index is 246. The van der Waals surface area contributed by atoms with Gasteiger partial charge in [0.2, 0.25) is 0 Å². The van der Waals surface area contributed by atoms with Crippen LogP contribution in [0.5, 0.6) is 0 Å². The molecule has 1 aliphatic rings. The van der Waals surface area contributed by atoms with Crippen molar-refractivity contribution in [2.45, 2.75) is 46.0 Å². The molecule has 0 aromatic rings. The topological polar surface area (TPSA) is 17.1 Å². The normalized spacial score (nSPS) is 20.2. The highest BCUT2D eigenvalue weighted by atomic mass is 16.1. The summed E-state index contributed by atoms with van der Waals surface area (Å²) in [5, 5.41) is 0. The zero-order valence-electron chi connectivity index (χ0n) is 8.60. The number of carbonyl (C=O) groups excluding carboxylic acids is 1. The molecule has 0 atom stereocenters. The number of allylic oxidation sites excluding steroid dienone is 4. The van der Waals surface area contributed by atoms with Crippen LogP contribution in [0, 0.1) is 0 Å². The van der Waals surface area contributed by atoms with Gasteiger partial charge in [-0.25, -0.2) is 0 Å². The van der Waals surface area contributed by atoms with Crippen molar-refractivity contribution in [3.05, 3.63) is 23.3 Å². The molecule has 0 heterocycles. The van der Waals surface area contributed by atoms with E-state index < -0.39 is 0 Å². The standard InChI is InChI=1S/C12H18O/c1-10-6-3-4-8-12(10)9-5-7-11(2)13/h6,9H,3-5,7-8H2,1-2H3/b12-9-. The number of ketones is 1. The van der Waals surface area contributed by atoms with E-state index in [9.17, 15) is 4.79 Å². The van der Waals surface area contributed by atoms with Gasteiger partial charge in [-0.3, -0.25) is 0 Å². The quantitative estimate of drug-likeness (QED) is 0.647. The lowest BCUT2D eigenvalue weighted by Crippen LogP contribution is -1.94. The highest BCUT2D eigenvalue weighted by Gasteiger charge is 2.04. The van der Waals surface area contributed by atoms with Crippen molar-refractivity contribution < 1.29 is 4.79 Å². The maximum atomic E-state index is 10.7. The van der Waals surface area contributed by atoms with Crippen molar-refractivity contribution in [1.29, 1.82) is 0 Å². The highest BCUT2D eigenvalue weighted by Crippen LogP contribution is 2.23. The summed E-state index contributed by atoms with van der Waals surface area (Å²) in [6.45, 7) is 3.82. The molecule has 0 fully saturated rings. The van der Waals surface area contributed by atoms with E-state index in [0.717, 1.165) is 6.42 Å². The van der Waals surface area contributed by atoms with Gasteiger partial charge in [0, 0.05) is 6.42 Å². The lowest BCUT2D eigenvalue weighted by molar-refractivity contribution is -0.116. The molecule has 0 spiro atoms. The first kappa shape index (κ1) is 10.2. The van der Waals surface area contributed by atoms with Gasteiger partial charge in [-0.05, 0) is 45.1 Å². The number of hydrogen-bond acceptors (Lipinski definition) is 1. The first-order valence-corrected chi connectivity index (χ1v) is 5.06. The van der Waals surface area contributed by atoms with Crippen molar-refractivity contribution in [3.63, 3.8) is 0 Å². The van der Waals surface area contributed by atoms with Crippen LogP contribution in [0.1, 0.15) is 46.0 Å². The zero-order valence-corrected chi connectivity index (χ0v) is 8.60. The van der Waals surface area contributed by atoms with Crippen molar-refractivity contribution in [3.8, 4) is 0 Å². The number of Topliss-reactive ketones (excluding diaryl/α,β-unsaturated/α-hetero) is 1. The molecule has 1 nitrogen and oxygen atoms in total. The SMILES string of the molecule is CC(=O)CC/C=C1/CCCC=C1C. The maximum absolute atomic E-state index is 10.7. The van der Waals surface area contributed by atoms with Gasteiger partial charge in [0.15, 0.2) is 0 Å². The Morgan fingerprint density at radius 3 is 3.00 bits per heavy atom. The van der Waals surface area contributed by atoms with Crippen LogP contribution in [0.4, 0.5) is 0 Å². The molecular weight excluding hydrogens is 160 g/mol. The van der Waals surface area contributed by atoms with Gasteiger partial charge in [0.25, 0.3) is 0 Å². The van der Waals surface area contributed by atoms with Crippen LogP contribution in [0.15, 0.2) is 23.3 Å². The molecule has 0 N–H and O–H groups in total. The highest BCUT2D eigenvalue weighted by molar-refractivity contribution is 5.75. The molecule has 0 aromatic carbocycles. The van der Waals surface area contributed by atoms with Crippen LogP contribution >= 0.6 is 0 Å². The molecular formula is C12H18O. The molecule has 1 aliphatic carbocycles. The summed E-state index contributed by atoms with van der Waals surface area (Å²) in [4.78, 5) is 10.7. The van der Waals surface area contributed by atoms with Gasteiger partial charge in [-0.2, -0.15) is 0 Å². The largest absolute Gasteiger partial charge is 0.300 e. The van der Waals surface area contributed by atoms with Crippen LogP contribution in [-0.4, -0.2) is 5.78 Å². The van der Waals surface area contributed by atoms with Gasteiger partial charge >= 0.3 is 0 Å². The summed E-state index contributed by atoms with van der Waals surface area (Å²) in [6.07, 6.45) is 9.81. The van der Waals surface area contributed by atoms with E-state index in [4.69, 9.17) is 0 Å². The third kappa shape index (κ3) is 3.58. The molecule has 0 aliphatic heterocycles. The van der Waals surface area contributed by atoms with Crippen LogP contribution in [0.25, 0.3) is 0 Å². The minimum atomic E-state index is 0.286. The van der Waals surface area contributed by atoms with Gasteiger partial charge in [-0.1, -0.05) is 17.7 Å². The summed E-state index contributed by atoms with van der Waals surface area (Å²) in [7, 11) is 0. The Labute approximate surface area is 80.5 Å². The molecule has 72 valence electrons. The Morgan fingerprint density at radius 1 is 1.62 bits per heavy atom. The second-order valence-corrected chi connectivity index (χ2v) is 3.75. The second kappa shape index (κ2) is 5.00. The molecule has 13 heavy (non-hydrogen) atoms. The van der Waals surface area contributed by atoms with Crippen molar-refractivity contribution in [2.24, 2.45) is 0 Å². The van der Waals surface area contributed by atoms with E-state index in [1.165, 1.54) is 30.4 Å². The monoisotopic (exact) mass is 178 g/mol. The lowest BCUT2D eigenvalue weighted by Gasteiger charge is -2.12. The third-order valence-corrected chi connectivity index (χ3v) is 2.49. The fraction of sp³-hybridized carbons (Fsp3) is 0.583. The van der Waals surface area contributed by atoms with Crippen molar-refractivity contribution >= 4 is 5.78 Å². The fourth-order valence-electron chi connectivity index (χ4n) is 1.65. The van der Waals surface area contributed by atoms with E-state index in [1.54, 1.807) is 6.92 Å². The molecule has 0 saturated heterocycles. The Kier molecular flexibility index (Phi) is 3.94. The molecule has 0 amide bonds. The average Bonchev–Trinajstić information content (AvgIpc) is 2.08. The number of carbonyl (C=O) groups is 1. The smallest absolute Gasteiger partial charge is 0.130 e. The first-order chi connectivity index (χ1) is 6.20. The zero-order chi connectivity index (χ0) is 9.68. The summed E-state index contributed by atoms with van der Waals surface area (Å²) in [5.41, 5.74) is 2.86. The molecule has 1 rings (SSSR count). The van der Waals surface area contributed by atoms with Gasteiger partial charge in [0.1, 0.15) is 5.78 Å². The van der Waals surface area contributed by atoms with Crippen molar-refractivity contribution in [2.75, 3.05) is 0 Å². The molecule has 0 aromatic heterocycles. The third-order valence-electron chi connectivity index (χ3n) is 2.49. The minimum absolute atomic E-state index is 0.286. The lowest BCUT2D eigenvalue weighted by atomic mass is 9.93. The van der Waals surface area contributed by atoms with Crippen molar-refractivity contribution in [1.82, 2.24) is 0 Å². The van der Waals surface area contributed by atoms with Crippen LogP contribution in [-0.2, 0) is 4.79 Å². The van der Waals surface area contributed by atoms with E-state index in [-0.39, 0.29) is 5.78 Å². The van der Waals surface area contributed by atoms with Gasteiger partial charge < -0.3 is 4.79 Å². The van der Waals surface area contributed by atoms with Crippen LogP contribution < -0.4 is 0 Å². The molecule has 1 heteroatoms. The van der Waals surface area contributed by atoms with Crippen LogP contribution in [0.2, 0.25) is 0 Å². The predicted molar refractivity (Wildman–Crippen MR) is 55.6 cm³/mol. The van der Waals surface area contributed by atoms with Gasteiger partial charge in [-0.15, -0.1) is 0 Å². The Balaban J connectivity index is 2.45. The predicted octanol–water partition coefficient (Wildman–Crippen LogP) is 3.41. The van der Waals surface area contributed by atoms with Crippen LogP contribution in [0.3, 0.4) is 0 Å². The first-order valence-electron chi connectivity index (χ1n) is 5.06. The van der Waals surface area contributed by atoms with Gasteiger partial charge in [0.05, 0.1) is 0 Å². The van der Waals surface area contributed by atoms with E-state index in [0.29, 0.717) is 6.42 Å². The fourth-order valence-corrected chi connectivity index (χ4v) is 1.65. The molecule has 0 bridgehead atoms. The van der Waals surface area contributed by atoms with E-state index in [1.807, 2.05) is 0 Å². The minimum Gasteiger partial charge on any atom is -0.300 e. The summed E-state index contributed by atoms with van der Waals surface area (Å²) in [6, 6.07) is 0. The Hall–Kier alpha value is -0.850. The molecule has 0 radical (unpaired) electrons. The summed E-state index contributed by atoms with van der Waals surface area (Å²) >= 11 is 0. The molecule has 0 saturated carbocycles. The second-order valence-electron chi connectivity index (χ2n) is 3.75. The number of rotatable bonds is 3. The number of hydrogen-bond donors (Lipinski definition) is 0.